The van der Waals surface area contributed by atoms with E-state index in [9.17, 15) is 4.39 Å². The molecule has 0 radical (unpaired) electrons. The first-order valence-electron chi connectivity index (χ1n) is 7.14. The lowest BCUT2D eigenvalue weighted by atomic mass is 9.89. The molecule has 1 unspecified atom stereocenters. The van der Waals surface area contributed by atoms with Crippen LogP contribution in [0.4, 0.5) is 4.39 Å². The molecule has 1 aromatic carbocycles. The number of rotatable bonds is 3. The third-order valence-electron chi connectivity index (χ3n) is 3.73. The second-order valence-corrected chi connectivity index (χ2v) is 6.04. The van der Waals surface area contributed by atoms with E-state index in [1.165, 1.54) is 6.07 Å². The zero-order valence-electron chi connectivity index (χ0n) is 12.3. The maximum absolute atomic E-state index is 13.5. The zero-order chi connectivity index (χ0) is 14.9. The summed E-state index contributed by atoms with van der Waals surface area (Å²) in [5.41, 5.74) is 1.79. The van der Waals surface area contributed by atoms with Crippen LogP contribution in [0.15, 0.2) is 42.7 Å². The Morgan fingerprint density at radius 3 is 2.81 bits per heavy atom. The molecule has 2 aromatic rings. The van der Waals surface area contributed by atoms with Crippen LogP contribution < -0.4 is 10.1 Å². The smallest absolute Gasteiger partial charge is 0.125 e. The molecule has 110 valence electrons. The molecule has 0 bridgehead atoms. The monoisotopic (exact) mass is 286 g/mol. The molecule has 0 aliphatic carbocycles. The number of nitrogens with zero attached hydrogens (tertiary/aromatic N) is 1. The number of fused-ring (bicyclic) bond motifs is 1. The molecule has 0 saturated heterocycles. The molecular formula is C17H19FN2O. The van der Waals surface area contributed by atoms with Crippen molar-refractivity contribution in [3.8, 4) is 5.75 Å². The van der Waals surface area contributed by atoms with E-state index in [2.05, 4.69) is 24.1 Å². The average Bonchev–Trinajstić information content (AvgIpc) is 2.46. The van der Waals surface area contributed by atoms with Crippen molar-refractivity contribution >= 4 is 0 Å². The molecule has 3 nitrogen and oxygen atoms in total. The molecule has 1 aliphatic rings. The molecule has 1 aliphatic heterocycles. The van der Waals surface area contributed by atoms with E-state index < -0.39 is 0 Å². The molecule has 0 saturated carbocycles. The summed E-state index contributed by atoms with van der Waals surface area (Å²) in [6, 6.07) is 8.75. The van der Waals surface area contributed by atoms with Crippen LogP contribution in [-0.4, -0.2) is 10.6 Å². The van der Waals surface area contributed by atoms with Crippen molar-refractivity contribution in [1.82, 2.24) is 10.3 Å². The highest BCUT2D eigenvalue weighted by Gasteiger charge is 2.33. The second-order valence-electron chi connectivity index (χ2n) is 6.04. The Kier molecular flexibility index (Phi) is 3.64. The number of hydrogen-bond acceptors (Lipinski definition) is 3. The van der Waals surface area contributed by atoms with Gasteiger partial charge < -0.3 is 10.1 Å². The van der Waals surface area contributed by atoms with E-state index in [1.807, 2.05) is 12.1 Å². The summed E-state index contributed by atoms with van der Waals surface area (Å²) in [5, 5.41) is 3.50. The minimum absolute atomic E-state index is 0.0765. The predicted molar refractivity (Wildman–Crippen MR) is 79.5 cm³/mol. The molecule has 1 aromatic heterocycles. The molecule has 21 heavy (non-hydrogen) atoms. The van der Waals surface area contributed by atoms with Crippen molar-refractivity contribution in [1.29, 1.82) is 0 Å². The van der Waals surface area contributed by atoms with Gasteiger partial charge in [-0.3, -0.25) is 4.98 Å². The minimum Gasteiger partial charge on any atom is -0.487 e. The molecule has 0 amide bonds. The van der Waals surface area contributed by atoms with Gasteiger partial charge in [-0.05, 0) is 49.7 Å². The van der Waals surface area contributed by atoms with Crippen molar-refractivity contribution in [2.45, 2.75) is 38.5 Å². The molecule has 0 spiro atoms. The average molecular weight is 286 g/mol. The normalized spacial score (nSPS) is 19.7. The summed E-state index contributed by atoms with van der Waals surface area (Å²) in [6.07, 6.45) is 4.35. The van der Waals surface area contributed by atoms with Crippen molar-refractivity contribution in [2.75, 3.05) is 0 Å². The van der Waals surface area contributed by atoms with E-state index in [0.29, 0.717) is 0 Å². The van der Waals surface area contributed by atoms with Gasteiger partial charge in [0, 0.05) is 37.0 Å². The lowest BCUT2D eigenvalue weighted by molar-refractivity contribution is 0.0654. The summed E-state index contributed by atoms with van der Waals surface area (Å²) in [4.78, 5) is 4.01. The van der Waals surface area contributed by atoms with Crippen LogP contribution in [-0.2, 0) is 6.54 Å². The fourth-order valence-electron chi connectivity index (χ4n) is 2.75. The Bertz CT molecular complexity index is 628. The summed E-state index contributed by atoms with van der Waals surface area (Å²) in [7, 11) is 0. The van der Waals surface area contributed by atoms with Gasteiger partial charge in [-0.15, -0.1) is 0 Å². The SMILES string of the molecule is CC1(C)CC(NCc2ccncc2)c2cc(F)ccc2O1. The summed E-state index contributed by atoms with van der Waals surface area (Å²) < 4.78 is 19.5. The van der Waals surface area contributed by atoms with Gasteiger partial charge in [0.15, 0.2) is 0 Å². The molecule has 3 rings (SSSR count). The first-order chi connectivity index (χ1) is 10.0. The zero-order valence-corrected chi connectivity index (χ0v) is 12.3. The minimum atomic E-state index is -0.263. The number of hydrogen-bond donors (Lipinski definition) is 1. The summed E-state index contributed by atoms with van der Waals surface area (Å²) >= 11 is 0. The van der Waals surface area contributed by atoms with Crippen molar-refractivity contribution in [3.63, 3.8) is 0 Å². The van der Waals surface area contributed by atoms with E-state index in [0.717, 1.165) is 29.8 Å². The number of benzene rings is 1. The molecule has 2 heterocycles. The topological polar surface area (TPSA) is 34.2 Å². The van der Waals surface area contributed by atoms with Crippen LogP contribution in [0.25, 0.3) is 0 Å². The van der Waals surface area contributed by atoms with Gasteiger partial charge in [-0.1, -0.05) is 0 Å². The van der Waals surface area contributed by atoms with Crippen LogP contribution in [0.1, 0.15) is 37.4 Å². The van der Waals surface area contributed by atoms with E-state index in [1.54, 1.807) is 24.5 Å². The van der Waals surface area contributed by atoms with Crippen LogP contribution in [0, 0.1) is 5.82 Å². The number of pyridine rings is 1. The van der Waals surface area contributed by atoms with Crippen LogP contribution in [0.5, 0.6) is 5.75 Å². The van der Waals surface area contributed by atoms with Gasteiger partial charge in [-0.25, -0.2) is 4.39 Å². The molecule has 1 N–H and O–H groups in total. The molecule has 0 fully saturated rings. The van der Waals surface area contributed by atoms with Crippen molar-refractivity contribution in [3.05, 3.63) is 59.7 Å². The van der Waals surface area contributed by atoms with Gasteiger partial charge in [0.2, 0.25) is 0 Å². The Morgan fingerprint density at radius 1 is 1.29 bits per heavy atom. The quantitative estimate of drug-likeness (QED) is 0.936. The lowest BCUT2D eigenvalue weighted by Crippen LogP contribution is -2.39. The van der Waals surface area contributed by atoms with E-state index in [-0.39, 0.29) is 17.5 Å². The predicted octanol–water partition coefficient (Wildman–Crippen LogP) is 3.61. The highest BCUT2D eigenvalue weighted by atomic mass is 19.1. The Hall–Kier alpha value is -1.94. The fraction of sp³-hybridized carbons (Fsp3) is 0.353. The van der Waals surface area contributed by atoms with Gasteiger partial charge in [0.25, 0.3) is 0 Å². The summed E-state index contributed by atoms with van der Waals surface area (Å²) in [5.74, 6) is 0.535. The highest BCUT2D eigenvalue weighted by molar-refractivity contribution is 5.39. The maximum Gasteiger partial charge on any atom is 0.125 e. The number of ether oxygens (including phenoxy) is 1. The fourth-order valence-corrected chi connectivity index (χ4v) is 2.75. The van der Waals surface area contributed by atoms with E-state index in [4.69, 9.17) is 4.74 Å². The van der Waals surface area contributed by atoms with Crippen LogP contribution >= 0.6 is 0 Å². The number of aromatic nitrogens is 1. The van der Waals surface area contributed by atoms with Crippen LogP contribution in [0.3, 0.4) is 0 Å². The van der Waals surface area contributed by atoms with Crippen molar-refractivity contribution < 1.29 is 9.13 Å². The largest absolute Gasteiger partial charge is 0.487 e. The highest BCUT2D eigenvalue weighted by Crippen LogP contribution is 2.39. The maximum atomic E-state index is 13.5. The van der Waals surface area contributed by atoms with Crippen molar-refractivity contribution in [2.24, 2.45) is 0 Å². The Labute approximate surface area is 124 Å². The Balaban J connectivity index is 1.82. The Morgan fingerprint density at radius 2 is 2.05 bits per heavy atom. The third-order valence-corrected chi connectivity index (χ3v) is 3.73. The van der Waals surface area contributed by atoms with Gasteiger partial charge in [-0.2, -0.15) is 0 Å². The lowest BCUT2D eigenvalue weighted by Gasteiger charge is -2.38. The first-order valence-corrected chi connectivity index (χ1v) is 7.14. The van der Waals surface area contributed by atoms with Crippen LogP contribution in [0.2, 0.25) is 0 Å². The molecule has 1 atom stereocenters. The number of nitrogens with one attached hydrogen (secondary N) is 1. The molecular weight excluding hydrogens is 267 g/mol. The standard InChI is InChI=1S/C17H19FN2O/c1-17(2)10-15(20-11-12-5-7-19-8-6-12)14-9-13(18)3-4-16(14)21-17/h3-9,15,20H,10-11H2,1-2H3. The third kappa shape index (κ3) is 3.22. The molecule has 4 heteroatoms. The van der Waals surface area contributed by atoms with Gasteiger partial charge in [0.1, 0.15) is 17.2 Å². The first kappa shape index (κ1) is 14.0. The van der Waals surface area contributed by atoms with Gasteiger partial charge in [0.05, 0.1) is 0 Å². The van der Waals surface area contributed by atoms with E-state index >= 15 is 0 Å². The second kappa shape index (κ2) is 5.45. The summed E-state index contributed by atoms with van der Waals surface area (Å²) in [6.45, 7) is 4.83. The number of halogens is 1. The van der Waals surface area contributed by atoms with Gasteiger partial charge >= 0.3 is 0 Å².